The molecule has 2 aromatic rings. The number of aromatic nitrogens is 1. The van der Waals surface area contributed by atoms with E-state index < -0.39 is 15.7 Å². The number of carbonyl (C=O) groups is 1. The van der Waals surface area contributed by atoms with Crippen molar-refractivity contribution in [3.8, 4) is 0 Å². The van der Waals surface area contributed by atoms with Crippen molar-refractivity contribution >= 4 is 49.5 Å². The highest BCUT2D eigenvalue weighted by Gasteiger charge is 2.22. The van der Waals surface area contributed by atoms with Crippen LogP contribution in [0.5, 0.6) is 0 Å². The van der Waals surface area contributed by atoms with E-state index in [2.05, 4.69) is 15.5 Å². The number of benzene rings is 1. The van der Waals surface area contributed by atoms with E-state index in [1.54, 1.807) is 11.6 Å². The number of hydrogen-bond acceptors (Lipinski definition) is 7. The summed E-state index contributed by atoms with van der Waals surface area (Å²) in [7, 11) is -3.47. The quantitative estimate of drug-likeness (QED) is 0.562. The number of hydrogen-bond donors (Lipinski definition) is 1. The molecule has 144 valence electrons. The van der Waals surface area contributed by atoms with Crippen LogP contribution in [0.4, 0.5) is 5.13 Å². The van der Waals surface area contributed by atoms with Crippen LogP contribution >= 0.6 is 22.9 Å². The maximum atomic E-state index is 12.7. The molecule has 1 aliphatic carbocycles. The first-order chi connectivity index (χ1) is 12.8. The van der Waals surface area contributed by atoms with Crippen molar-refractivity contribution in [1.29, 1.82) is 0 Å². The molecule has 10 heteroatoms. The summed E-state index contributed by atoms with van der Waals surface area (Å²) in [6, 6.07) is 4.24. The monoisotopic (exact) mass is 427 g/mol. The fourth-order valence-corrected chi connectivity index (χ4v) is 4.59. The number of rotatable bonds is 6. The largest absolute Gasteiger partial charge is 0.392 e. The van der Waals surface area contributed by atoms with E-state index in [9.17, 15) is 13.2 Å². The van der Waals surface area contributed by atoms with Gasteiger partial charge in [-0.2, -0.15) is 0 Å². The molecule has 27 heavy (non-hydrogen) atoms. The Labute approximate surface area is 166 Å². The zero-order valence-corrected chi connectivity index (χ0v) is 16.9. The van der Waals surface area contributed by atoms with Gasteiger partial charge in [0.1, 0.15) is 6.10 Å². The second-order valence-electron chi connectivity index (χ2n) is 6.16. The Morgan fingerprint density at radius 1 is 1.37 bits per heavy atom. The van der Waals surface area contributed by atoms with Gasteiger partial charge >= 0.3 is 0 Å². The summed E-state index contributed by atoms with van der Waals surface area (Å²) in [6.07, 6.45) is 6.52. The third-order valence-corrected chi connectivity index (χ3v) is 6.34. The van der Waals surface area contributed by atoms with Crippen LogP contribution in [-0.2, 0) is 19.5 Å². The van der Waals surface area contributed by atoms with E-state index in [4.69, 9.17) is 16.4 Å². The van der Waals surface area contributed by atoms with Crippen LogP contribution in [-0.4, -0.2) is 37.4 Å². The van der Waals surface area contributed by atoms with E-state index in [1.165, 1.54) is 29.5 Å². The Morgan fingerprint density at radius 3 is 2.70 bits per heavy atom. The lowest BCUT2D eigenvalue weighted by atomic mass is 10.1. The standard InChI is InChI=1S/C17H18ClN3O4S2/c1-27(23,24)14-7-6-11(10-13(14)18)15(21-25-12-4-2-3-5-12)16(22)20-17-19-8-9-26-17/h6-10,12H,2-5H2,1H3,(H,19,20,22). The molecule has 0 atom stereocenters. The van der Waals surface area contributed by atoms with E-state index in [1.807, 2.05) is 0 Å². The Hall–Kier alpha value is -1.97. The number of anilines is 1. The average molecular weight is 428 g/mol. The average Bonchev–Trinajstić information content (AvgIpc) is 3.27. The smallest absolute Gasteiger partial charge is 0.280 e. The molecule has 1 amide bonds. The lowest BCUT2D eigenvalue weighted by molar-refractivity contribution is -0.110. The number of nitrogens with one attached hydrogen (secondary N) is 1. The first-order valence-corrected chi connectivity index (χ1v) is 11.4. The van der Waals surface area contributed by atoms with Gasteiger partial charge in [0.2, 0.25) is 0 Å². The topological polar surface area (TPSA) is 97.7 Å². The normalized spacial score (nSPS) is 15.7. The number of oxime groups is 1. The summed E-state index contributed by atoms with van der Waals surface area (Å²) in [5.74, 6) is -0.508. The maximum absolute atomic E-state index is 12.7. The lowest BCUT2D eigenvalue weighted by Gasteiger charge is -2.11. The van der Waals surface area contributed by atoms with Gasteiger partial charge in [-0.05, 0) is 37.8 Å². The zero-order chi connectivity index (χ0) is 19.4. The second kappa shape index (κ2) is 8.37. The molecule has 3 rings (SSSR count). The summed E-state index contributed by atoms with van der Waals surface area (Å²) in [6.45, 7) is 0. The van der Waals surface area contributed by atoms with Gasteiger partial charge in [0, 0.05) is 23.4 Å². The van der Waals surface area contributed by atoms with Crippen LogP contribution in [0.25, 0.3) is 0 Å². The summed E-state index contributed by atoms with van der Waals surface area (Å²) in [5, 5.41) is 8.90. The van der Waals surface area contributed by atoms with Crippen LogP contribution in [0.1, 0.15) is 31.2 Å². The molecule has 0 unspecified atom stereocenters. The van der Waals surface area contributed by atoms with Crippen molar-refractivity contribution in [2.24, 2.45) is 5.16 Å². The Bertz CT molecular complexity index is 953. The summed E-state index contributed by atoms with van der Waals surface area (Å²) in [4.78, 5) is 22.2. The molecule has 0 radical (unpaired) electrons. The Balaban J connectivity index is 1.91. The first kappa shape index (κ1) is 19.8. The van der Waals surface area contributed by atoms with E-state index in [0.717, 1.165) is 31.9 Å². The van der Waals surface area contributed by atoms with E-state index in [0.29, 0.717) is 10.7 Å². The van der Waals surface area contributed by atoms with Crippen molar-refractivity contribution in [2.75, 3.05) is 11.6 Å². The van der Waals surface area contributed by atoms with Crippen LogP contribution in [0.3, 0.4) is 0 Å². The molecule has 1 aromatic carbocycles. The molecule has 1 saturated carbocycles. The first-order valence-electron chi connectivity index (χ1n) is 8.29. The minimum atomic E-state index is -3.47. The summed E-state index contributed by atoms with van der Waals surface area (Å²) < 4.78 is 23.5. The Morgan fingerprint density at radius 2 is 2.11 bits per heavy atom. The number of sulfone groups is 1. The highest BCUT2D eigenvalue weighted by Crippen LogP contribution is 2.25. The molecular formula is C17H18ClN3O4S2. The van der Waals surface area contributed by atoms with Gasteiger partial charge in [0.05, 0.1) is 9.92 Å². The third kappa shape index (κ3) is 5.06. The van der Waals surface area contributed by atoms with Gasteiger partial charge in [0.15, 0.2) is 20.7 Å². The third-order valence-electron chi connectivity index (χ3n) is 4.07. The molecular weight excluding hydrogens is 410 g/mol. The number of nitrogens with zero attached hydrogens (tertiary/aromatic N) is 2. The van der Waals surface area contributed by atoms with Gasteiger partial charge in [0.25, 0.3) is 5.91 Å². The van der Waals surface area contributed by atoms with Crippen molar-refractivity contribution in [1.82, 2.24) is 4.98 Å². The molecule has 1 aliphatic rings. The predicted molar refractivity (Wildman–Crippen MR) is 105 cm³/mol. The van der Waals surface area contributed by atoms with Gasteiger partial charge in [-0.25, -0.2) is 13.4 Å². The van der Waals surface area contributed by atoms with Crippen molar-refractivity contribution in [3.05, 3.63) is 40.4 Å². The molecule has 1 fully saturated rings. The van der Waals surface area contributed by atoms with Gasteiger partial charge < -0.3 is 4.84 Å². The van der Waals surface area contributed by atoms with Gasteiger partial charge in [-0.15, -0.1) is 11.3 Å². The van der Waals surface area contributed by atoms with Crippen molar-refractivity contribution in [3.63, 3.8) is 0 Å². The summed E-state index contributed by atoms with van der Waals surface area (Å²) in [5.41, 5.74) is 0.374. The number of amides is 1. The fourth-order valence-electron chi connectivity index (χ4n) is 2.74. The molecule has 0 bridgehead atoms. The lowest BCUT2D eigenvalue weighted by Crippen LogP contribution is -2.25. The predicted octanol–water partition coefficient (Wildman–Crippen LogP) is 3.50. The highest BCUT2D eigenvalue weighted by atomic mass is 35.5. The van der Waals surface area contributed by atoms with Crippen LogP contribution in [0, 0.1) is 0 Å². The molecule has 0 spiro atoms. The van der Waals surface area contributed by atoms with E-state index in [-0.39, 0.29) is 21.7 Å². The molecule has 0 aliphatic heterocycles. The van der Waals surface area contributed by atoms with Crippen LogP contribution < -0.4 is 5.32 Å². The van der Waals surface area contributed by atoms with Gasteiger partial charge in [-0.1, -0.05) is 22.8 Å². The molecule has 1 N–H and O–H groups in total. The van der Waals surface area contributed by atoms with E-state index >= 15 is 0 Å². The van der Waals surface area contributed by atoms with Crippen molar-refractivity contribution < 1.29 is 18.0 Å². The SMILES string of the molecule is CS(=O)(=O)c1ccc(C(=NOC2CCCC2)C(=O)Nc2nccs2)cc1Cl. The maximum Gasteiger partial charge on any atom is 0.280 e. The van der Waals surface area contributed by atoms with Crippen LogP contribution in [0.2, 0.25) is 5.02 Å². The number of halogens is 1. The zero-order valence-electron chi connectivity index (χ0n) is 14.5. The Kier molecular flexibility index (Phi) is 6.13. The van der Waals surface area contributed by atoms with Crippen LogP contribution in [0.15, 0.2) is 39.8 Å². The molecule has 0 saturated heterocycles. The number of thiazole rings is 1. The minimum absolute atomic E-state index is 0.00990. The fraction of sp³-hybridized carbons (Fsp3) is 0.353. The van der Waals surface area contributed by atoms with Gasteiger partial charge in [-0.3, -0.25) is 10.1 Å². The summed E-state index contributed by atoms with van der Waals surface area (Å²) >= 11 is 7.39. The molecule has 1 aromatic heterocycles. The second-order valence-corrected chi connectivity index (χ2v) is 9.45. The molecule has 7 nitrogen and oxygen atoms in total. The number of carbonyl (C=O) groups excluding carboxylic acids is 1. The molecule has 1 heterocycles. The minimum Gasteiger partial charge on any atom is -0.392 e. The highest BCUT2D eigenvalue weighted by molar-refractivity contribution is 7.90. The van der Waals surface area contributed by atoms with Crippen molar-refractivity contribution in [2.45, 2.75) is 36.7 Å².